The van der Waals surface area contributed by atoms with Crippen LogP contribution >= 0.6 is 0 Å². The fourth-order valence-electron chi connectivity index (χ4n) is 3.76. The molecule has 1 unspecified atom stereocenters. The van der Waals surface area contributed by atoms with Gasteiger partial charge in [-0.15, -0.1) is 0 Å². The summed E-state index contributed by atoms with van der Waals surface area (Å²) >= 11 is 0. The SMILES string of the molecule is CCN1C(=O)C(Cc2oc3ccc(C)cc3c2C)c2ccccc21. The van der Waals surface area contributed by atoms with E-state index in [2.05, 4.69) is 32.0 Å². The van der Waals surface area contributed by atoms with Crippen molar-refractivity contribution in [2.45, 2.75) is 33.1 Å². The number of fused-ring (bicyclic) bond motifs is 2. The van der Waals surface area contributed by atoms with Crippen molar-refractivity contribution in [2.24, 2.45) is 0 Å². The van der Waals surface area contributed by atoms with Crippen LogP contribution in [0.1, 0.15) is 35.3 Å². The minimum atomic E-state index is -0.151. The lowest BCUT2D eigenvalue weighted by molar-refractivity contribution is -0.119. The van der Waals surface area contributed by atoms with E-state index in [4.69, 9.17) is 4.42 Å². The van der Waals surface area contributed by atoms with Crippen molar-refractivity contribution < 1.29 is 9.21 Å². The lowest BCUT2D eigenvalue weighted by atomic mass is 9.94. The van der Waals surface area contributed by atoms with Gasteiger partial charge in [-0.2, -0.15) is 0 Å². The Morgan fingerprint density at radius 2 is 1.92 bits per heavy atom. The van der Waals surface area contributed by atoms with Crippen LogP contribution in [0.25, 0.3) is 11.0 Å². The molecule has 24 heavy (non-hydrogen) atoms. The van der Waals surface area contributed by atoms with E-state index in [1.54, 1.807) is 0 Å². The van der Waals surface area contributed by atoms with E-state index >= 15 is 0 Å². The average molecular weight is 319 g/mol. The minimum Gasteiger partial charge on any atom is -0.461 e. The molecule has 2 heterocycles. The number of carbonyl (C=O) groups excluding carboxylic acids is 1. The van der Waals surface area contributed by atoms with Gasteiger partial charge in [0, 0.05) is 24.0 Å². The third-order valence-electron chi connectivity index (χ3n) is 5.06. The summed E-state index contributed by atoms with van der Waals surface area (Å²) < 4.78 is 6.08. The molecular weight excluding hydrogens is 298 g/mol. The van der Waals surface area contributed by atoms with Crippen molar-refractivity contribution in [3.05, 3.63) is 64.9 Å². The number of amides is 1. The number of rotatable bonds is 3. The Bertz CT molecular complexity index is 938. The van der Waals surface area contributed by atoms with Crippen molar-refractivity contribution in [2.75, 3.05) is 11.4 Å². The summed E-state index contributed by atoms with van der Waals surface area (Å²) in [6, 6.07) is 14.3. The number of furan rings is 1. The second kappa shape index (κ2) is 5.52. The van der Waals surface area contributed by atoms with E-state index in [0.717, 1.165) is 33.5 Å². The van der Waals surface area contributed by atoms with Crippen LogP contribution in [0.15, 0.2) is 46.9 Å². The van der Waals surface area contributed by atoms with Crippen LogP contribution in [-0.4, -0.2) is 12.5 Å². The second-order valence-electron chi connectivity index (χ2n) is 6.55. The highest BCUT2D eigenvalue weighted by atomic mass is 16.3. The Hall–Kier alpha value is -2.55. The molecule has 122 valence electrons. The molecule has 1 aliphatic heterocycles. The maximum Gasteiger partial charge on any atom is 0.235 e. The minimum absolute atomic E-state index is 0.151. The summed E-state index contributed by atoms with van der Waals surface area (Å²) in [7, 11) is 0. The molecule has 3 aromatic rings. The third kappa shape index (κ3) is 2.15. The van der Waals surface area contributed by atoms with Crippen molar-refractivity contribution in [1.29, 1.82) is 0 Å². The number of nitrogens with zero attached hydrogens (tertiary/aromatic N) is 1. The quantitative estimate of drug-likeness (QED) is 0.698. The van der Waals surface area contributed by atoms with Gasteiger partial charge in [0.25, 0.3) is 0 Å². The Labute approximate surface area is 141 Å². The molecule has 0 N–H and O–H groups in total. The fourth-order valence-corrected chi connectivity index (χ4v) is 3.76. The number of hydrogen-bond donors (Lipinski definition) is 0. The molecule has 0 spiro atoms. The maximum atomic E-state index is 12.9. The summed E-state index contributed by atoms with van der Waals surface area (Å²) in [5, 5.41) is 1.15. The first-order chi connectivity index (χ1) is 11.6. The van der Waals surface area contributed by atoms with Gasteiger partial charge in [0.05, 0.1) is 5.92 Å². The molecule has 0 aliphatic carbocycles. The summed E-state index contributed by atoms with van der Waals surface area (Å²) in [4.78, 5) is 14.7. The van der Waals surface area contributed by atoms with Crippen LogP contribution in [-0.2, 0) is 11.2 Å². The van der Waals surface area contributed by atoms with Gasteiger partial charge in [-0.25, -0.2) is 0 Å². The van der Waals surface area contributed by atoms with E-state index in [9.17, 15) is 4.79 Å². The van der Waals surface area contributed by atoms with Gasteiger partial charge < -0.3 is 9.32 Å². The standard InChI is InChI=1S/C21H21NO2/c1-4-22-18-8-6-5-7-15(18)17(21(22)23)12-20-14(3)16-11-13(2)9-10-19(16)24-20/h5-11,17H,4,12H2,1-3H3. The Balaban J connectivity index is 1.76. The van der Waals surface area contributed by atoms with Gasteiger partial charge in [-0.1, -0.05) is 29.8 Å². The lowest BCUT2D eigenvalue weighted by Crippen LogP contribution is -2.29. The van der Waals surface area contributed by atoms with Crippen molar-refractivity contribution in [1.82, 2.24) is 0 Å². The van der Waals surface area contributed by atoms with E-state index in [-0.39, 0.29) is 11.8 Å². The van der Waals surface area contributed by atoms with E-state index in [0.29, 0.717) is 13.0 Å². The summed E-state index contributed by atoms with van der Waals surface area (Å²) in [6.07, 6.45) is 0.617. The van der Waals surface area contributed by atoms with Crippen LogP contribution in [0.4, 0.5) is 5.69 Å². The first kappa shape index (κ1) is 15.0. The molecular formula is C21H21NO2. The predicted molar refractivity (Wildman–Crippen MR) is 96.6 cm³/mol. The number of benzene rings is 2. The van der Waals surface area contributed by atoms with Crippen LogP contribution in [0.3, 0.4) is 0 Å². The van der Waals surface area contributed by atoms with Crippen LogP contribution < -0.4 is 4.90 Å². The Morgan fingerprint density at radius 1 is 1.12 bits per heavy atom. The highest BCUT2D eigenvalue weighted by Gasteiger charge is 2.37. The molecule has 0 saturated heterocycles. The van der Waals surface area contributed by atoms with E-state index in [1.165, 1.54) is 5.56 Å². The molecule has 1 amide bonds. The number of hydrogen-bond acceptors (Lipinski definition) is 2. The molecule has 0 fully saturated rings. The van der Waals surface area contributed by atoms with E-state index in [1.807, 2.05) is 36.1 Å². The summed E-state index contributed by atoms with van der Waals surface area (Å²) in [5.41, 5.74) is 5.42. The van der Waals surface area contributed by atoms with Crippen molar-refractivity contribution in [3.63, 3.8) is 0 Å². The zero-order valence-corrected chi connectivity index (χ0v) is 14.3. The van der Waals surface area contributed by atoms with Gasteiger partial charge in [-0.05, 0) is 50.1 Å². The molecule has 4 rings (SSSR count). The second-order valence-corrected chi connectivity index (χ2v) is 6.55. The highest BCUT2D eigenvalue weighted by molar-refractivity contribution is 6.05. The summed E-state index contributed by atoms with van der Waals surface area (Å²) in [6.45, 7) is 6.89. The third-order valence-corrected chi connectivity index (χ3v) is 5.06. The molecule has 1 atom stereocenters. The Morgan fingerprint density at radius 3 is 2.71 bits per heavy atom. The average Bonchev–Trinajstić information content (AvgIpc) is 3.03. The molecule has 0 saturated carbocycles. The van der Waals surface area contributed by atoms with Gasteiger partial charge in [0.1, 0.15) is 11.3 Å². The topological polar surface area (TPSA) is 33.5 Å². The zero-order valence-electron chi connectivity index (χ0n) is 14.3. The molecule has 3 heteroatoms. The number of anilines is 1. The Kier molecular flexibility index (Phi) is 3.45. The van der Waals surface area contributed by atoms with Gasteiger partial charge in [0.15, 0.2) is 0 Å². The maximum absolute atomic E-state index is 12.9. The predicted octanol–water partition coefficient (Wildman–Crippen LogP) is 4.74. The van der Waals surface area contributed by atoms with Crippen LogP contribution in [0.5, 0.6) is 0 Å². The monoisotopic (exact) mass is 319 g/mol. The largest absolute Gasteiger partial charge is 0.461 e. The molecule has 1 aliphatic rings. The summed E-state index contributed by atoms with van der Waals surface area (Å²) in [5.74, 6) is 0.943. The van der Waals surface area contributed by atoms with Crippen molar-refractivity contribution in [3.8, 4) is 0 Å². The van der Waals surface area contributed by atoms with E-state index < -0.39 is 0 Å². The number of aryl methyl sites for hydroxylation is 2. The number of para-hydroxylation sites is 1. The lowest BCUT2D eigenvalue weighted by Gasteiger charge is -2.14. The molecule has 1 aromatic heterocycles. The smallest absolute Gasteiger partial charge is 0.235 e. The van der Waals surface area contributed by atoms with Gasteiger partial charge in [0.2, 0.25) is 5.91 Å². The normalized spacial score (nSPS) is 16.9. The molecule has 2 aromatic carbocycles. The zero-order chi connectivity index (χ0) is 16.8. The first-order valence-electron chi connectivity index (χ1n) is 8.49. The number of carbonyl (C=O) groups is 1. The first-order valence-corrected chi connectivity index (χ1v) is 8.49. The highest BCUT2D eigenvalue weighted by Crippen LogP contribution is 2.40. The molecule has 0 radical (unpaired) electrons. The molecule has 3 nitrogen and oxygen atoms in total. The molecule has 0 bridgehead atoms. The van der Waals surface area contributed by atoms with Crippen LogP contribution in [0.2, 0.25) is 0 Å². The fraction of sp³-hybridized carbons (Fsp3) is 0.286. The van der Waals surface area contributed by atoms with Gasteiger partial charge in [-0.3, -0.25) is 4.79 Å². The van der Waals surface area contributed by atoms with Crippen LogP contribution in [0, 0.1) is 13.8 Å². The number of likely N-dealkylation sites (N-methyl/N-ethyl adjacent to an activating group) is 1. The van der Waals surface area contributed by atoms with Gasteiger partial charge >= 0.3 is 0 Å². The van der Waals surface area contributed by atoms with Crippen molar-refractivity contribution >= 4 is 22.6 Å².